The Kier molecular flexibility index (Phi) is 5.56. The second kappa shape index (κ2) is 7.82. The fourth-order valence-electron chi connectivity index (χ4n) is 1.65. The van der Waals surface area contributed by atoms with Gasteiger partial charge in [0.2, 0.25) is 0 Å². The van der Waals surface area contributed by atoms with Crippen molar-refractivity contribution < 1.29 is 9.53 Å². The van der Waals surface area contributed by atoms with Gasteiger partial charge < -0.3 is 15.4 Å². The predicted octanol–water partition coefficient (Wildman–Crippen LogP) is 3.20. The highest BCUT2D eigenvalue weighted by molar-refractivity contribution is 6.30. The van der Waals surface area contributed by atoms with Crippen molar-refractivity contribution in [2.45, 2.75) is 0 Å². The van der Waals surface area contributed by atoms with Gasteiger partial charge in [0.25, 0.3) is 5.91 Å². The van der Waals surface area contributed by atoms with Gasteiger partial charge in [-0.1, -0.05) is 11.6 Å². The van der Waals surface area contributed by atoms with Crippen LogP contribution >= 0.6 is 11.6 Å². The predicted molar refractivity (Wildman–Crippen MR) is 88.2 cm³/mol. The molecule has 7 heteroatoms. The van der Waals surface area contributed by atoms with Crippen LogP contribution in [0.25, 0.3) is 0 Å². The fraction of sp³-hybridized carbons (Fsp3) is 0.0625. The normalized spacial score (nSPS) is 10.6. The molecule has 1 aromatic heterocycles. The van der Waals surface area contributed by atoms with E-state index in [4.69, 9.17) is 21.6 Å². The number of pyridine rings is 1. The number of carbonyl (C=O) groups excluding carboxylic acids is 1. The summed E-state index contributed by atoms with van der Waals surface area (Å²) in [5, 5.41) is 15.0. The molecule has 0 radical (unpaired) electrons. The monoisotopic (exact) mass is 328 g/mol. The van der Waals surface area contributed by atoms with Crippen molar-refractivity contribution in [2.75, 3.05) is 17.7 Å². The minimum Gasteiger partial charge on any atom is -0.497 e. The molecule has 0 bridgehead atoms. The molecule has 0 aliphatic heterocycles. The quantitative estimate of drug-likeness (QED) is 0.650. The van der Waals surface area contributed by atoms with Gasteiger partial charge in [-0.25, -0.2) is 4.98 Å². The van der Waals surface area contributed by atoms with Crippen molar-refractivity contribution in [1.82, 2.24) is 4.98 Å². The van der Waals surface area contributed by atoms with E-state index in [0.717, 1.165) is 0 Å². The third-order valence-corrected chi connectivity index (χ3v) is 3.03. The van der Waals surface area contributed by atoms with Crippen molar-refractivity contribution in [3.05, 3.63) is 59.4 Å². The maximum Gasteiger partial charge on any atom is 0.267 e. The summed E-state index contributed by atoms with van der Waals surface area (Å²) in [4.78, 5) is 16.1. The number of aromatic nitrogens is 1. The number of anilines is 2. The van der Waals surface area contributed by atoms with Crippen LogP contribution < -0.4 is 15.4 Å². The summed E-state index contributed by atoms with van der Waals surface area (Å²) in [5.74, 6) is 0.572. The number of nitrogens with one attached hydrogen (secondary N) is 2. The summed E-state index contributed by atoms with van der Waals surface area (Å²) in [5.41, 5.74) is 0.459. The van der Waals surface area contributed by atoms with E-state index in [-0.39, 0.29) is 5.57 Å². The number of amides is 1. The number of hydrogen-bond acceptors (Lipinski definition) is 5. The lowest BCUT2D eigenvalue weighted by atomic mass is 10.2. The van der Waals surface area contributed by atoms with Gasteiger partial charge >= 0.3 is 0 Å². The molecule has 0 aliphatic rings. The molecule has 2 rings (SSSR count). The Balaban J connectivity index is 2.05. The van der Waals surface area contributed by atoms with Crippen LogP contribution in [0.2, 0.25) is 5.02 Å². The van der Waals surface area contributed by atoms with Crippen molar-refractivity contribution in [3.63, 3.8) is 0 Å². The Bertz CT molecular complexity index is 766. The minimum atomic E-state index is -0.535. The Morgan fingerprint density at radius 1 is 1.35 bits per heavy atom. The van der Waals surface area contributed by atoms with Gasteiger partial charge in [-0.15, -0.1) is 0 Å². The largest absolute Gasteiger partial charge is 0.497 e. The lowest BCUT2D eigenvalue weighted by molar-refractivity contribution is -0.112. The van der Waals surface area contributed by atoms with Crippen LogP contribution in [0.5, 0.6) is 5.75 Å². The van der Waals surface area contributed by atoms with Crippen LogP contribution in [0.3, 0.4) is 0 Å². The van der Waals surface area contributed by atoms with E-state index >= 15 is 0 Å². The molecule has 1 aromatic carbocycles. The maximum atomic E-state index is 12.1. The molecule has 0 aliphatic carbocycles. The minimum absolute atomic E-state index is 0.0948. The highest BCUT2D eigenvalue weighted by Gasteiger charge is 2.09. The molecule has 2 N–H and O–H groups in total. The summed E-state index contributed by atoms with van der Waals surface area (Å²) in [6.45, 7) is 0. The Hall–Kier alpha value is -3.04. The summed E-state index contributed by atoms with van der Waals surface area (Å²) in [6.07, 6.45) is 2.79. The maximum absolute atomic E-state index is 12.1. The second-order valence-electron chi connectivity index (χ2n) is 4.36. The Morgan fingerprint density at radius 3 is 2.70 bits per heavy atom. The van der Waals surface area contributed by atoms with Crippen LogP contribution in [-0.4, -0.2) is 18.0 Å². The first-order valence-corrected chi connectivity index (χ1v) is 6.94. The topological polar surface area (TPSA) is 87.0 Å². The fourth-order valence-corrected chi connectivity index (χ4v) is 1.81. The average molecular weight is 329 g/mol. The number of nitrogens with zero attached hydrogens (tertiary/aromatic N) is 2. The Labute approximate surface area is 138 Å². The molecule has 6 nitrogen and oxygen atoms in total. The smallest absolute Gasteiger partial charge is 0.267 e. The van der Waals surface area contributed by atoms with Gasteiger partial charge in [-0.05, 0) is 36.4 Å². The highest BCUT2D eigenvalue weighted by atomic mass is 35.5. The van der Waals surface area contributed by atoms with E-state index in [9.17, 15) is 4.79 Å². The first-order chi connectivity index (χ1) is 11.1. The van der Waals surface area contributed by atoms with E-state index in [1.165, 1.54) is 12.4 Å². The number of rotatable bonds is 5. The molecule has 0 fully saturated rings. The molecule has 0 saturated carbocycles. The number of halogens is 1. The molecule has 0 unspecified atom stereocenters. The standard InChI is InChI=1S/C16H13ClN4O2/c1-23-14-4-2-13(3-5-14)21-16(22)11(9-18)10-20-15-8-12(17)6-7-19-15/h2-8,10H,1H3,(H,19,20)(H,21,22)/b11-10-. The number of ether oxygens (including phenoxy) is 1. The molecule has 0 atom stereocenters. The summed E-state index contributed by atoms with van der Waals surface area (Å²) >= 11 is 5.83. The lowest BCUT2D eigenvalue weighted by Gasteiger charge is -2.06. The third-order valence-electron chi connectivity index (χ3n) is 2.80. The molecule has 0 saturated heterocycles. The van der Waals surface area contributed by atoms with Crippen LogP contribution in [0.1, 0.15) is 0 Å². The third kappa shape index (κ3) is 4.73. The van der Waals surface area contributed by atoms with Gasteiger partial charge in [0.15, 0.2) is 0 Å². The zero-order valence-corrected chi connectivity index (χ0v) is 13.0. The van der Waals surface area contributed by atoms with Crippen LogP contribution in [-0.2, 0) is 4.79 Å². The van der Waals surface area contributed by atoms with Crippen molar-refractivity contribution in [1.29, 1.82) is 5.26 Å². The zero-order valence-electron chi connectivity index (χ0n) is 12.2. The van der Waals surface area contributed by atoms with E-state index in [1.807, 2.05) is 6.07 Å². The van der Waals surface area contributed by atoms with Gasteiger partial charge in [-0.3, -0.25) is 4.79 Å². The summed E-state index contributed by atoms with van der Waals surface area (Å²) in [6, 6.07) is 11.8. The molecular formula is C16H13ClN4O2. The van der Waals surface area contributed by atoms with Crippen LogP contribution in [0.15, 0.2) is 54.4 Å². The SMILES string of the molecule is COc1ccc(NC(=O)/C(C#N)=C\Nc2cc(Cl)ccn2)cc1. The Morgan fingerprint density at radius 2 is 2.09 bits per heavy atom. The van der Waals surface area contributed by atoms with Crippen molar-refractivity contribution in [3.8, 4) is 11.8 Å². The van der Waals surface area contributed by atoms with Crippen LogP contribution in [0, 0.1) is 11.3 Å². The first-order valence-electron chi connectivity index (χ1n) is 6.56. The molecule has 1 heterocycles. The van der Waals surface area contributed by atoms with Crippen LogP contribution in [0.4, 0.5) is 11.5 Å². The second-order valence-corrected chi connectivity index (χ2v) is 4.79. The number of carbonyl (C=O) groups is 1. The van der Waals surface area contributed by atoms with Gasteiger partial charge in [0, 0.05) is 23.1 Å². The number of methoxy groups -OCH3 is 1. The number of nitriles is 1. The van der Waals surface area contributed by atoms with Crippen molar-refractivity contribution in [2.24, 2.45) is 0 Å². The van der Waals surface area contributed by atoms with Gasteiger partial charge in [0.05, 0.1) is 7.11 Å². The lowest BCUT2D eigenvalue weighted by Crippen LogP contribution is -2.14. The van der Waals surface area contributed by atoms with Gasteiger partial charge in [-0.2, -0.15) is 5.26 Å². The van der Waals surface area contributed by atoms with E-state index in [2.05, 4.69) is 15.6 Å². The molecule has 23 heavy (non-hydrogen) atoms. The number of benzene rings is 1. The van der Waals surface area contributed by atoms with E-state index in [1.54, 1.807) is 43.5 Å². The zero-order chi connectivity index (χ0) is 16.7. The first kappa shape index (κ1) is 16.3. The van der Waals surface area contributed by atoms with Crippen molar-refractivity contribution >= 4 is 29.0 Å². The number of hydrogen-bond donors (Lipinski definition) is 2. The summed E-state index contributed by atoms with van der Waals surface area (Å²) in [7, 11) is 1.56. The molecule has 1 amide bonds. The highest BCUT2D eigenvalue weighted by Crippen LogP contribution is 2.16. The van der Waals surface area contributed by atoms with E-state index in [0.29, 0.717) is 22.3 Å². The molecule has 116 valence electrons. The average Bonchev–Trinajstić information content (AvgIpc) is 2.56. The summed E-state index contributed by atoms with van der Waals surface area (Å²) < 4.78 is 5.04. The molecular weight excluding hydrogens is 316 g/mol. The molecule has 2 aromatic rings. The molecule has 0 spiro atoms. The van der Waals surface area contributed by atoms with Gasteiger partial charge in [0.1, 0.15) is 23.2 Å². The van der Waals surface area contributed by atoms with E-state index < -0.39 is 5.91 Å².